The number of hydrogen-bond donors (Lipinski definition) is 2. The summed E-state index contributed by atoms with van der Waals surface area (Å²) in [6, 6.07) is 7.70. The lowest BCUT2D eigenvalue weighted by Crippen LogP contribution is -2.70. The summed E-state index contributed by atoms with van der Waals surface area (Å²) in [7, 11) is 0. The fourth-order valence-corrected chi connectivity index (χ4v) is 4.59. The van der Waals surface area contributed by atoms with E-state index in [2.05, 4.69) is 5.32 Å². The van der Waals surface area contributed by atoms with Crippen LogP contribution in [0, 0.1) is 0 Å². The lowest BCUT2D eigenvalue weighted by Gasteiger charge is -2.49. The molecule has 8 nitrogen and oxygen atoms in total. The third kappa shape index (κ3) is 4.14. The highest BCUT2D eigenvalue weighted by molar-refractivity contribution is 8.00. The van der Waals surface area contributed by atoms with Crippen LogP contribution in [-0.4, -0.2) is 50.9 Å². The minimum atomic E-state index is -1.18. The Morgan fingerprint density at radius 2 is 2.00 bits per heavy atom. The van der Waals surface area contributed by atoms with Crippen molar-refractivity contribution >= 4 is 35.5 Å². The van der Waals surface area contributed by atoms with Crippen molar-refractivity contribution in [3.8, 4) is 0 Å². The van der Waals surface area contributed by atoms with Gasteiger partial charge in [0.25, 0.3) is 11.8 Å². The fraction of sp³-hybridized carbons (Fsp3) is 0.400. The van der Waals surface area contributed by atoms with E-state index in [0.717, 1.165) is 0 Å². The molecular formula is C20H22N2O6S. The molecule has 3 atom stereocenters. The van der Waals surface area contributed by atoms with Crippen molar-refractivity contribution in [2.24, 2.45) is 0 Å². The molecule has 0 spiro atoms. The fourth-order valence-electron chi connectivity index (χ4n) is 3.30. The van der Waals surface area contributed by atoms with Crippen LogP contribution in [0.15, 0.2) is 41.6 Å². The first-order valence-electron chi connectivity index (χ1n) is 9.27. The summed E-state index contributed by atoms with van der Waals surface area (Å²) in [6.45, 7) is 3.50. The summed E-state index contributed by atoms with van der Waals surface area (Å²) < 4.78 is 5.37. The van der Waals surface area contributed by atoms with Crippen molar-refractivity contribution in [2.45, 2.75) is 44.2 Å². The Hall–Kier alpha value is -2.81. The topological polar surface area (TPSA) is 113 Å². The number of nitrogens with one attached hydrogen (secondary N) is 1. The van der Waals surface area contributed by atoms with Gasteiger partial charge in [0.05, 0.1) is 0 Å². The maximum atomic E-state index is 12.9. The molecule has 0 saturated carbocycles. The molecule has 2 aliphatic rings. The third-order valence-corrected chi connectivity index (χ3v) is 6.13. The van der Waals surface area contributed by atoms with Gasteiger partial charge in [-0.15, -0.1) is 11.8 Å². The quantitative estimate of drug-likeness (QED) is 0.513. The molecule has 1 saturated heterocycles. The molecule has 1 aromatic rings. The summed E-state index contributed by atoms with van der Waals surface area (Å²) in [5, 5.41) is 11.5. The van der Waals surface area contributed by atoms with E-state index < -0.39 is 41.3 Å². The van der Waals surface area contributed by atoms with Crippen molar-refractivity contribution in [2.75, 3.05) is 5.75 Å². The van der Waals surface area contributed by atoms with Crippen LogP contribution < -0.4 is 5.32 Å². The Morgan fingerprint density at radius 3 is 2.62 bits per heavy atom. The third-order valence-electron chi connectivity index (χ3n) is 4.70. The van der Waals surface area contributed by atoms with Gasteiger partial charge in [-0.3, -0.25) is 19.3 Å². The Morgan fingerprint density at radius 1 is 1.31 bits per heavy atom. The first-order chi connectivity index (χ1) is 13.8. The Bertz CT molecular complexity index is 869. The second kappa shape index (κ2) is 8.69. The molecule has 2 N–H and O–H groups in total. The summed E-state index contributed by atoms with van der Waals surface area (Å²) in [5.74, 6) is -2.31. The van der Waals surface area contributed by atoms with E-state index in [1.165, 1.54) is 16.7 Å². The van der Waals surface area contributed by atoms with E-state index in [0.29, 0.717) is 23.3 Å². The monoisotopic (exact) mass is 418 g/mol. The average molecular weight is 418 g/mol. The zero-order chi connectivity index (χ0) is 21.1. The number of ether oxygens (including phenoxy) is 1. The maximum absolute atomic E-state index is 12.9. The summed E-state index contributed by atoms with van der Waals surface area (Å²) in [4.78, 5) is 50.2. The van der Waals surface area contributed by atoms with Crippen LogP contribution in [0.1, 0.15) is 38.4 Å². The van der Waals surface area contributed by atoms with Gasteiger partial charge >= 0.3 is 11.9 Å². The molecule has 0 aliphatic carbocycles. The van der Waals surface area contributed by atoms with Crippen LogP contribution in [0.4, 0.5) is 0 Å². The Labute approximate surface area is 172 Å². The van der Waals surface area contributed by atoms with Crippen LogP contribution >= 0.6 is 11.8 Å². The van der Waals surface area contributed by atoms with Gasteiger partial charge < -0.3 is 15.2 Å². The number of aliphatic carboxylic acids is 1. The largest absolute Gasteiger partial charge is 0.477 e. The van der Waals surface area contributed by atoms with Crippen molar-refractivity contribution in [1.29, 1.82) is 0 Å². The molecule has 0 radical (unpaired) electrons. The molecule has 0 bridgehead atoms. The number of thioether (sulfide) groups is 1. The van der Waals surface area contributed by atoms with Crippen LogP contribution in [-0.2, 0) is 23.9 Å². The van der Waals surface area contributed by atoms with Gasteiger partial charge in [0, 0.05) is 17.7 Å². The van der Waals surface area contributed by atoms with Gasteiger partial charge in [-0.1, -0.05) is 37.3 Å². The molecule has 1 fully saturated rings. The number of carboxylic acid groups (broad SMARTS) is 1. The molecule has 1 aromatic carbocycles. The molecule has 2 aliphatic heterocycles. The second-order valence-electron chi connectivity index (χ2n) is 6.86. The number of carbonyl (C=O) groups excluding carboxylic acids is 3. The normalized spacial score (nSPS) is 21.7. The number of rotatable bonds is 7. The number of fused-ring (bicyclic) bond motifs is 1. The van der Waals surface area contributed by atoms with Crippen LogP contribution in [0.3, 0.4) is 0 Å². The van der Waals surface area contributed by atoms with Gasteiger partial charge in [0.15, 0.2) is 0 Å². The first kappa shape index (κ1) is 20.9. The molecule has 3 rings (SSSR count). The highest BCUT2D eigenvalue weighted by Gasteiger charge is 2.54. The Kier molecular flexibility index (Phi) is 6.26. The number of β-lactam (4-membered cyclic amide) rings is 1. The summed E-state index contributed by atoms with van der Waals surface area (Å²) in [5.41, 5.74) is 1.07. The predicted molar refractivity (Wildman–Crippen MR) is 106 cm³/mol. The Balaban J connectivity index is 1.76. The van der Waals surface area contributed by atoms with E-state index in [1.54, 1.807) is 37.3 Å². The lowest BCUT2D eigenvalue weighted by atomic mass is 10.0. The predicted octanol–water partition coefficient (Wildman–Crippen LogP) is 1.83. The average Bonchev–Trinajstić information content (AvgIpc) is 2.70. The number of benzene rings is 1. The first-order valence-corrected chi connectivity index (χ1v) is 10.3. The van der Waals surface area contributed by atoms with Crippen LogP contribution in [0.2, 0.25) is 0 Å². The van der Waals surface area contributed by atoms with Gasteiger partial charge in [-0.2, -0.15) is 0 Å². The number of carbonyl (C=O) groups is 4. The van der Waals surface area contributed by atoms with Crippen LogP contribution in [0.25, 0.3) is 0 Å². The van der Waals surface area contributed by atoms with Crippen molar-refractivity contribution in [3.63, 3.8) is 0 Å². The van der Waals surface area contributed by atoms with Gasteiger partial charge in [0.2, 0.25) is 6.10 Å². The molecule has 154 valence electrons. The molecule has 3 unspecified atom stereocenters. The minimum absolute atomic E-state index is 0.0294. The van der Waals surface area contributed by atoms with E-state index >= 15 is 0 Å². The van der Waals surface area contributed by atoms with E-state index in [4.69, 9.17) is 4.74 Å². The minimum Gasteiger partial charge on any atom is -0.477 e. The lowest BCUT2D eigenvalue weighted by molar-refractivity contribution is -0.159. The highest BCUT2D eigenvalue weighted by atomic mass is 32.2. The zero-order valence-corrected chi connectivity index (χ0v) is 16.9. The van der Waals surface area contributed by atoms with Crippen molar-refractivity contribution in [1.82, 2.24) is 10.2 Å². The van der Waals surface area contributed by atoms with Crippen molar-refractivity contribution in [3.05, 3.63) is 47.2 Å². The summed E-state index contributed by atoms with van der Waals surface area (Å²) in [6.07, 6.45) is -0.417. The summed E-state index contributed by atoms with van der Waals surface area (Å²) >= 11 is 1.39. The number of nitrogens with zero attached hydrogens (tertiary/aromatic N) is 1. The van der Waals surface area contributed by atoms with E-state index in [1.807, 2.05) is 6.92 Å². The van der Waals surface area contributed by atoms with Crippen molar-refractivity contribution < 1.29 is 29.0 Å². The highest BCUT2D eigenvalue weighted by Crippen LogP contribution is 2.40. The molecule has 0 aromatic heterocycles. The van der Waals surface area contributed by atoms with Gasteiger partial charge in [-0.05, 0) is 18.9 Å². The molecule has 9 heteroatoms. The standard InChI is InChI=1S/C20H22N2O6S/c1-3-7-13(23)28-16(12-8-5-4-6-9-12)17(24)21-14-18(25)22-15(20(26)27)11(2)10-29-19(14)22/h4-6,8-9,14,16,19H,3,7,10H2,1-2H3,(H,21,24)(H,26,27). The number of esters is 1. The van der Waals surface area contributed by atoms with E-state index in [-0.39, 0.29) is 12.1 Å². The number of carboxylic acids is 1. The van der Waals surface area contributed by atoms with Crippen LogP contribution in [0.5, 0.6) is 0 Å². The van der Waals surface area contributed by atoms with E-state index in [9.17, 15) is 24.3 Å². The SMILES string of the molecule is CCCC(=O)OC(C(=O)NC1C(=O)N2C(C(=O)O)=C(C)CSC12)c1ccccc1. The van der Waals surface area contributed by atoms with Gasteiger partial charge in [0.1, 0.15) is 17.1 Å². The number of hydrogen-bond acceptors (Lipinski definition) is 6. The zero-order valence-electron chi connectivity index (χ0n) is 16.1. The molecular weight excluding hydrogens is 396 g/mol. The second-order valence-corrected chi connectivity index (χ2v) is 7.97. The number of amides is 2. The maximum Gasteiger partial charge on any atom is 0.352 e. The smallest absolute Gasteiger partial charge is 0.352 e. The van der Waals surface area contributed by atoms with Gasteiger partial charge in [-0.25, -0.2) is 4.79 Å². The molecule has 29 heavy (non-hydrogen) atoms. The molecule has 2 heterocycles. The molecule has 2 amide bonds.